The van der Waals surface area contributed by atoms with Gasteiger partial charge in [0.2, 0.25) is 0 Å². The van der Waals surface area contributed by atoms with Gasteiger partial charge in [-0.15, -0.1) is 0 Å². The van der Waals surface area contributed by atoms with Gasteiger partial charge in [-0.2, -0.15) is 0 Å². The molecule has 1 aliphatic carbocycles. The molecule has 2 aliphatic rings. The molecule has 2 N–H and O–H groups in total. The Balaban J connectivity index is 1.11. The third-order valence-corrected chi connectivity index (χ3v) is 10.6. The summed E-state index contributed by atoms with van der Waals surface area (Å²) in [6.45, 7) is -0.0140. The molecule has 1 saturated carbocycles. The fraction of sp³-hybridized carbons (Fsp3) is 0.278. The summed E-state index contributed by atoms with van der Waals surface area (Å²) in [7, 11) is -2.80. The molecule has 3 aromatic heterocycles. The number of nitrogens with one attached hydrogen (secondary N) is 2. The summed E-state index contributed by atoms with van der Waals surface area (Å²) in [5.41, 5.74) is -0.00702. The summed E-state index contributed by atoms with van der Waals surface area (Å²) in [6.07, 6.45) is 7.95. The largest absolute Gasteiger partial charge is 0.461 e. The van der Waals surface area contributed by atoms with Crippen molar-refractivity contribution in [2.75, 3.05) is 4.72 Å². The van der Waals surface area contributed by atoms with Gasteiger partial charge in [0.15, 0.2) is 0 Å². The first kappa shape index (κ1) is 35.4. The monoisotopic (exact) mass is 746 g/mol. The standard InChI is InChI=1S/C36H32F2N6O8S/c1-43-32-18-39-12-11-25(32)34(46)44(43)22-9-8-21(40-17-22)13-31(36(48)52-23-5-3-2-4-6-23)41-33(45)27-15-29(38)30(16-28(27)37)42-53(49,50)24-10-7-20-19-51-35(47)26(20)14-24/h7-12,14-18,23,31,42H,2-6,13,19H2,1H3,(H,41,45)/t31-/m0/s1. The highest BCUT2D eigenvalue weighted by Crippen LogP contribution is 2.27. The zero-order chi connectivity index (χ0) is 37.4. The second kappa shape index (κ2) is 14.2. The van der Waals surface area contributed by atoms with Crippen molar-refractivity contribution in [1.29, 1.82) is 0 Å². The van der Waals surface area contributed by atoms with Crippen LogP contribution in [0.1, 0.15) is 64.1 Å². The molecule has 2 aromatic carbocycles. The lowest BCUT2D eigenvalue weighted by atomic mass is 9.97. The van der Waals surface area contributed by atoms with Crippen LogP contribution in [0.2, 0.25) is 0 Å². The number of fused-ring (bicyclic) bond motifs is 2. The molecule has 7 rings (SSSR count). The van der Waals surface area contributed by atoms with Crippen LogP contribution in [-0.4, -0.2) is 57.7 Å². The lowest BCUT2D eigenvalue weighted by Gasteiger charge is -2.25. The van der Waals surface area contributed by atoms with Gasteiger partial charge in [-0.3, -0.25) is 29.0 Å². The first-order valence-electron chi connectivity index (χ1n) is 16.7. The van der Waals surface area contributed by atoms with Crippen molar-refractivity contribution < 1.29 is 41.1 Å². The van der Waals surface area contributed by atoms with Crippen molar-refractivity contribution in [2.45, 2.75) is 62.2 Å². The average Bonchev–Trinajstić information content (AvgIpc) is 3.65. The molecule has 5 aromatic rings. The van der Waals surface area contributed by atoms with Crippen LogP contribution < -0.4 is 15.6 Å². The molecule has 0 bridgehead atoms. The fourth-order valence-electron chi connectivity index (χ4n) is 6.47. The molecule has 4 heterocycles. The fourth-order valence-corrected chi connectivity index (χ4v) is 7.55. The number of anilines is 1. The maximum absolute atomic E-state index is 15.4. The Morgan fingerprint density at radius 2 is 1.81 bits per heavy atom. The van der Waals surface area contributed by atoms with Gasteiger partial charge in [-0.25, -0.2) is 31.5 Å². The number of cyclic esters (lactones) is 1. The molecule has 14 nitrogen and oxygen atoms in total. The minimum Gasteiger partial charge on any atom is -0.461 e. The Hall–Kier alpha value is -5.97. The van der Waals surface area contributed by atoms with Crippen LogP contribution in [0.4, 0.5) is 14.5 Å². The number of halogens is 2. The normalized spacial score (nSPS) is 15.1. The number of ether oxygens (including phenoxy) is 2. The maximum atomic E-state index is 15.4. The Labute approximate surface area is 300 Å². The highest BCUT2D eigenvalue weighted by atomic mass is 32.2. The first-order valence-corrected chi connectivity index (χ1v) is 18.2. The van der Waals surface area contributed by atoms with Crippen LogP contribution in [0.25, 0.3) is 16.6 Å². The lowest BCUT2D eigenvalue weighted by Crippen LogP contribution is -2.45. The first-order chi connectivity index (χ1) is 25.4. The van der Waals surface area contributed by atoms with E-state index >= 15 is 8.78 Å². The summed E-state index contributed by atoms with van der Waals surface area (Å²) < 4.78 is 72.3. The van der Waals surface area contributed by atoms with E-state index < -0.39 is 56.8 Å². The van der Waals surface area contributed by atoms with Crippen LogP contribution >= 0.6 is 0 Å². The van der Waals surface area contributed by atoms with Gasteiger partial charge in [-0.1, -0.05) is 12.5 Å². The number of carbonyl (C=O) groups excluding carboxylic acids is 3. The van der Waals surface area contributed by atoms with Crippen molar-refractivity contribution in [3.05, 3.63) is 111 Å². The van der Waals surface area contributed by atoms with Crippen LogP contribution in [0.15, 0.2) is 76.8 Å². The SMILES string of the molecule is Cn1c2cnccc2c(=O)n1-c1ccc(C[C@H](NC(=O)c2cc(F)c(NS(=O)(=O)c3ccc4c(c3)C(=O)OC4)cc2F)C(=O)OC2CCCCC2)nc1. The Kier molecular flexibility index (Phi) is 9.50. The molecular formula is C36H32F2N6O8S. The van der Waals surface area contributed by atoms with Gasteiger partial charge in [0, 0.05) is 37.0 Å². The number of hydrogen-bond donors (Lipinski definition) is 2. The van der Waals surface area contributed by atoms with Gasteiger partial charge >= 0.3 is 11.9 Å². The molecule has 53 heavy (non-hydrogen) atoms. The number of nitrogens with zero attached hydrogens (tertiary/aromatic N) is 4. The van der Waals surface area contributed by atoms with Crippen LogP contribution in [0.5, 0.6) is 0 Å². The molecule has 0 saturated heterocycles. The lowest BCUT2D eigenvalue weighted by molar-refractivity contribution is -0.152. The van der Waals surface area contributed by atoms with E-state index in [4.69, 9.17) is 9.47 Å². The number of aromatic nitrogens is 4. The number of hydrogen-bond acceptors (Lipinski definition) is 10. The smallest absolute Gasteiger partial charge is 0.338 e. The van der Waals surface area contributed by atoms with Crippen molar-refractivity contribution in [3.63, 3.8) is 0 Å². The second-order valence-corrected chi connectivity index (χ2v) is 14.5. The van der Waals surface area contributed by atoms with Crippen molar-refractivity contribution in [1.82, 2.24) is 24.6 Å². The number of carbonyl (C=O) groups is 3. The molecule has 1 aliphatic heterocycles. The Bertz CT molecular complexity index is 2440. The maximum Gasteiger partial charge on any atom is 0.338 e. The number of benzene rings is 2. The van der Waals surface area contributed by atoms with Crippen LogP contribution in [0.3, 0.4) is 0 Å². The van der Waals surface area contributed by atoms with Crippen LogP contribution in [0, 0.1) is 11.6 Å². The Morgan fingerprint density at radius 3 is 2.55 bits per heavy atom. The molecule has 1 atom stereocenters. The van der Waals surface area contributed by atoms with E-state index in [1.54, 1.807) is 36.1 Å². The van der Waals surface area contributed by atoms with E-state index in [-0.39, 0.29) is 35.1 Å². The molecule has 0 spiro atoms. The average molecular weight is 747 g/mol. The number of esters is 2. The minimum atomic E-state index is -4.50. The third kappa shape index (κ3) is 7.11. The van der Waals surface area contributed by atoms with Gasteiger partial charge in [0.1, 0.15) is 30.4 Å². The van der Waals surface area contributed by atoms with Gasteiger partial charge in [0.05, 0.1) is 50.7 Å². The number of pyridine rings is 2. The number of aryl methyl sites for hydroxylation is 1. The molecule has 274 valence electrons. The zero-order valence-corrected chi connectivity index (χ0v) is 29.0. The second-order valence-electron chi connectivity index (χ2n) is 12.8. The summed E-state index contributed by atoms with van der Waals surface area (Å²) in [4.78, 5) is 59.9. The van der Waals surface area contributed by atoms with E-state index in [9.17, 15) is 27.6 Å². The minimum absolute atomic E-state index is 0.0140. The predicted molar refractivity (Wildman–Crippen MR) is 185 cm³/mol. The molecule has 1 fully saturated rings. The van der Waals surface area contributed by atoms with E-state index in [0.717, 1.165) is 25.3 Å². The summed E-state index contributed by atoms with van der Waals surface area (Å²) in [5.74, 6) is -5.23. The summed E-state index contributed by atoms with van der Waals surface area (Å²) >= 11 is 0. The molecular weight excluding hydrogens is 714 g/mol. The zero-order valence-electron chi connectivity index (χ0n) is 28.2. The summed E-state index contributed by atoms with van der Waals surface area (Å²) in [5, 5.41) is 2.89. The van der Waals surface area contributed by atoms with E-state index in [1.807, 2.05) is 4.72 Å². The third-order valence-electron chi connectivity index (χ3n) is 9.28. The van der Waals surface area contributed by atoms with Crippen molar-refractivity contribution in [3.8, 4) is 5.69 Å². The molecule has 0 unspecified atom stereocenters. The van der Waals surface area contributed by atoms with Gasteiger partial charge < -0.3 is 14.8 Å². The highest BCUT2D eigenvalue weighted by molar-refractivity contribution is 7.92. The van der Waals surface area contributed by atoms with E-state index in [2.05, 4.69) is 15.3 Å². The topological polar surface area (TPSA) is 181 Å². The molecule has 1 amide bonds. The number of amides is 1. The molecule has 17 heteroatoms. The van der Waals surface area contributed by atoms with Crippen molar-refractivity contribution in [2.24, 2.45) is 7.05 Å². The predicted octanol–water partition coefficient (Wildman–Crippen LogP) is 4.09. The van der Waals surface area contributed by atoms with Crippen LogP contribution in [-0.2, 0) is 44.4 Å². The number of sulfonamides is 1. The number of rotatable bonds is 10. The van der Waals surface area contributed by atoms with Gasteiger partial charge in [0.25, 0.3) is 21.5 Å². The van der Waals surface area contributed by atoms with Crippen molar-refractivity contribution >= 4 is 44.5 Å². The van der Waals surface area contributed by atoms with E-state index in [1.165, 1.54) is 29.2 Å². The molecule has 0 radical (unpaired) electrons. The highest BCUT2D eigenvalue weighted by Gasteiger charge is 2.30. The van der Waals surface area contributed by atoms with E-state index in [0.29, 0.717) is 52.8 Å². The summed E-state index contributed by atoms with van der Waals surface area (Å²) in [6, 6.07) is 8.07. The van der Waals surface area contributed by atoms with Gasteiger partial charge in [-0.05, 0) is 62.1 Å². The quantitative estimate of drug-likeness (QED) is 0.198. The Morgan fingerprint density at radius 1 is 1.02 bits per heavy atom.